The number of aliphatic hydroxyl groups is 1. The van der Waals surface area contributed by atoms with E-state index in [0.717, 1.165) is 56.1 Å². The molecule has 0 bridgehead atoms. The number of amides is 1. The lowest BCUT2D eigenvalue weighted by Crippen LogP contribution is -2.48. The predicted octanol–water partition coefficient (Wildman–Crippen LogP) is 2.25. The fourth-order valence-electron chi connectivity index (χ4n) is 3.32. The molecule has 0 aromatic rings. The van der Waals surface area contributed by atoms with Crippen molar-refractivity contribution in [3.8, 4) is 0 Å². The van der Waals surface area contributed by atoms with Crippen LogP contribution in [0.2, 0.25) is 0 Å². The number of hydrogen-bond donors (Lipinski definition) is 4. The summed E-state index contributed by atoms with van der Waals surface area (Å²) in [6, 6.07) is 0.487. The Morgan fingerprint density at radius 3 is 2.37 bits per heavy atom. The molecular weight excluding hydrogens is 364 g/mol. The number of hydrogen-bond acceptors (Lipinski definition) is 5. The highest BCUT2D eigenvalue weighted by Crippen LogP contribution is 2.28. The van der Waals surface area contributed by atoms with E-state index in [-0.39, 0.29) is 12.1 Å². The number of carbonyl (C=O) groups excluding carboxylic acids is 1. The molecule has 4 N–H and O–H groups in total. The van der Waals surface area contributed by atoms with Crippen LogP contribution < -0.4 is 16.0 Å². The van der Waals surface area contributed by atoms with Crippen LogP contribution in [0.3, 0.4) is 0 Å². The zero-order valence-electron chi connectivity index (χ0n) is 17.1. The number of guanidine groups is 1. The highest BCUT2D eigenvalue weighted by molar-refractivity contribution is 7.99. The van der Waals surface area contributed by atoms with Crippen molar-refractivity contribution in [1.29, 1.82) is 0 Å². The molecule has 1 aliphatic heterocycles. The summed E-state index contributed by atoms with van der Waals surface area (Å²) >= 11 is 1.79. The summed E-state index contributed by atoms with van der Waals surface area (Å²) in [6.07, 6.45) is 4.22. The first-order chi connectivity index (χ1) is 12.7. The van der Waals surface area contributed by atoms with Gasteiger partial charge in [-0.05, 0) is 65.6 Å². The number of carbonyl (C=O) groups is 1. The third-order valence-electron chi connectivity index (χ3n) is 4.75. The van der Waals surface area contributed by atoms with Gasteiger partial charge < -0.3 is 25.8 Å². The van der Waals surface area contributed by atoms with Crippen LogP contribution in [0.4, 0.5) is 4.79 Å². The molecule has 1 atom stereocenters. The van der Waals surface area contributed by atoms with Crippen LogP contribution >= 0.6 is 11.8 Å². The molecule has 0 aromatic heterocycles. The molecule has 1 saturated carbocycles. The van der Waals surface area contributed by atoms with E-state index in [0.29, 0.717) is 12.6 Å². The number of thioether (sulfide) groups is 1. The van der Waals surface area contributed by atoms with Gasteiger partial charge in [-0.15, -0.1) is 0 Å². The molecule has 156 valence electrons. The first kappa shape index (κ1) is 22.1. The van der Waals surface area contributed by atoms with Crippen molar-refractivity contribution in [2.24, 2.45) is 4.99 Å². The standard InChI is InChI=1S/C19H36N4O3S/c1-5-20-16(21-12-19(25)10-11-27-13-19)22-14-6-8-15(9-7-14)23-17(24)26-18(2,3)4/h14-15,25H,5-13H2,1-4H3,(H,23,24)(H2,20,21,22). The van der Waals surface area contributed by atoms with Gasteiger partial charge in [-0.25, -0.2) is 4.79 Å². The maximum Gasteiger partial charge on any atom is 0.407 e. The van der Waals surface area contributed by atoms with Gasteiger partial charge in [0.1, 0.15) is 5.60 Å². The molecule has 0 radical (unpaired) electrons. The molecule has 0 spiro atoms. The molecule has 1 aliphatic carbocycles. The summed E-state index contributed by atoms with van der Waals surface area (Å²) in [4.78, 5) is 16.5. The normalized spacial score (nSPS) is 29.3. The van der Waals surface area contributed by atoms with Gasteiger partial charge in [0.2, 0.25) is 0 Å². The highest BCUT2D eigenvalue weighted by atomic mass is 32.2. The first-order valence-electron chi connectivity index (χ1n) is 10.0. The van der Waals surface area contributed by atoms with E-state index in [1.807, 2.05) is 27.7 Å². The second-order valence-electron chi connectivity index (χ2n) is 8.56. The Morgan fingerprint density at radius 1 is 1.22 bits per heavy atom. The second-order valence-corrected chi connectivity index (χ2v) is 9.67. The lowest BCUT2D eigenvalue weighted by atomic mass is 9.91. The highest BCUT2D eigenvalue weighted by Gasteiger charge is 2.32. The number of rotatable bonds is 5. The molecule has 2 rings (SSSR count). The van der Waals surface area contributed by atoms with Crippen LogP contribution in [-0.4, -0.2) is 65.0 Å². The number of nitrogens with zero attached hydrogens (tertiary/aromatic N) is 1. The monoisotopic (exact) mass is 400 g/mol. The van der Waals surface area contributed by atoms with E-state index in [2.05, 4.69) is 20.9 Å². The Bertz CT molecular complexity index is 508. The summed E-state index contributed by atoms with van der Waals surface area (Å²) in [6.45, 7) is 8.87. The van der Waals surface area contributed by atoms with Gasteiger partial charge >= 0.3 is 6.09 Å². The molecular formula is C19H36N4O3S. The number of alkyl carbamates (subject to hydrolysis) is 1. The molecule has 1 heterocycles. The summed E-state index contributed by atoms with van der Waals surface area (Å²) in [5.74, 6) is 2.54. The zero-order chi connectivity index (χ0) is 19.9. The van der Waals surface area contributed by atoms with Gasteiger partial charge in [-0.1, -0.05) is 0 Å². The molecule has 8 heteroatoms. The van der Waals surface area contributed by atoms with E-state index >= 15 is 0 Å². The Labute approximate surface area is 167 Å². The third kappa shape index (κ3) is 8.17. The van der Waals surface area contributed by atoms with Gasteiger partial charge in [-0.3, -0.25) is 4.99 Å². The van der Waals surface area contributed by atoms with Crippen molar-refractivity contribution in [3.05, 3.63) is 0 Å². The Hall–Kier alpha value is -1.15. The first-order valence-corrected chi connectivity index (χ1v) is 11.2. The van der Waals surface area contributed by atoms with Crippen LogP contribution in [0.1, 0.15) is 59.8 Å². The largest absolute Gasteiger partial charge is 0.444 e. The lowest BCUT2D eigenvalue weighted by molar-refractivity contribution is 0.0490. The van der Waals surface area contributed by atoms with Crippen molar-refractivity contribution in [2.45, 2.75) is 83.1 Å². The maximum atomic E-state index is 11.9. The number of ether oxygens (including phenoxy) is 1. The molecule has 0 aromatic carbocycles. The molecule has 2 aliphatic rings. The quantitative estimate of drug-likeness (QED) is 0.418. The van der Waals surface area contributed by atoms with Crippen LogP contribution in [0, 0.1) is 0 Å². The molecule has 1 saturated heterocycles. The van der Waals surface area contributed by atoms with Crippen molar-refractivity contribution < 1.29 is 14.6 Å². The smallest absolute Gasteiger partial charge is 0.407 e. The van der Waals surface area contributed by atoms with Gasteiger partial charge in [0.05, 0.1) is 12.1 Å². The van der Waals surface area contributed by atoms with Crippen LogP contribution in [-0.2, 0) is 4.74 Å². The predicted molar refractivity (Wildman–Crippen MR) is 111 cm³/mol. The summed E-state index contributed by atoms with van der Waals surface area (Å²) in [7, 11) is 0. The van der Waals surface area contributed by atoms with Crippen molar-refractivity contribution >= 4 is 23.8 Å². The van der Waals surface area contributed by atoms with E-state index < -0.39 is 11.2 Å². The van der Waals surface area contributed by atoms with Gasteiger partial charge in [0.25, 0.3) is 0 Å². The Balaban J connectivity index is 1.77. The average Bonchev–Trinajstić information content (AvgIpc) is 3.00. The number of aliphatic imine (C=N–C) groups is 1. The molecule has 2 fully saturated rings. The molecule has 1 amide bonds. The summed E-state index contributed by atoms with van der Waals surface area (Å²) in [5, 5.41) is 20.2. The van der Waals surface area contributed by atoms with Gasteiger partial charge in [0, 0.05) is 24.4 Å². The summed E-state index contributed by atoms with van der Waals surface area (Å²) in [5.41, 5.74) is -1.13. The fourth-order valence-corrected chi connectivity index (χ4v) is 4.60. The van der Waals surface area contributed by atoms with Crippen molar-refractivity contribution in [3.63, 3.8) is 0 Å². The van der Waals surface area contributed by atoms with Crippen molar-refractivity contribution in [1.82, 2.24) is 16.0 Å². The van der Waals surface area contributed by atoms with E-state index in [1.54, 1.807) is 11.8 Å². The van der Waals surface area contributed by atoms with Gasteiger partial charge in [-0.2, -0.15) is 11.8 Å². The van der Waals surface area contributed by atoms with Crippen LogP contribution in [0.15, 0.2) is 4.99 Å². The van der Waals surface area contributed by atoms with E-state index in [1.165, 1.54) is 0 Å². The van der Waals surface area contributed by atoms with Crippen molar-refractivity contribution in [2.75, 3.05) is 24.6 Å². The summed E-state index contributed by atoms with van der Waals surface area (Å²) < 4.78 is 5.33. The van der Waals surface area contributed by atoms with Gasteiger partial charge in [0.15, 0.2) is 5.96 Å². The average molecular weight is 401 g/mol. The maximum absolute atomic E-state index is 11.9. The Kier molecular flexibility index (Phi) is 8.09. The molecule has 1 unspecified atom stereocenters. The second kappa shape index (κ2) is 9.87. The Morgan fingerprint density at radius 2 is 1.85 bits per heavy atom. The van der Waals surface area contributed by atoms with E-state index in [9.17, 15) is 9.90 Å². The number of nitrogens with one attached hydrogen (secondary N) is 3. The van der Waals surface area contributed by atoms with Crippen LogP contribution in [0.5, 0.6) is 0 Å². The van der Waals surface area contributed by atoms with Crippen LogP contribution in [0.25, 0.3) is 0 Å². The third-order valence-corrected chi connectivity index (χ3v) is 5.98. The zero-order valence-corrected chi connectivity index (χ0v) is 18.0. The minimum absolute atomic E-state index is 0.161. The molecule has 7 nitrogen and oxygen atoms in total. The topological polar surface area (TPSA) is 95.0 Å². The fraction of sp³-hybridized carbons (Fsp3) is 0.895. The lowest BCUT2D eigenvalue weighted by Gasteiger charge is -2.31. The van der Waals surface area contributed by atoms with E-state index in [4.69, 9.17) is 4.74 Å². The minimum atomic E-state index is -0.665. The molecule has 27 heavy (non-hydrogen) atoms. The SMILES string of the molecule is CCNC(=NCC1(O)CCSC1)NC1CCC(NC(=O)OC(C)(C)C)CC1. The minimum Gasteiger partial charge on any atom is -0.444 e.